The topological polar surface area (TPSA) is 65.4 Å². The molecule has 0 aliphatic heterocycles. The second-order valence-corrected chi connectivity index (χ2v) is 9.55. The summed E-state index contributed by atoms with van der Waals surface area (Å²) >= 11 is 0. The van der Waals surface area contributed by atoms with E-state index in [9.17, 15) is 4.39 Å². The van der Waals surface area contributed by atoms with Gasteiger partial charge in [-0.15, -0.1) is 0 Å². The van der Waals surface area contributed by atoms with Crippen molar-refractivity contribution in [3.8, 4) is 22.4 Å². The lowest BCUT2D eigenvalue weighted by Gasteiger charge is -2.13. The van der Waals surface area contributed by atoms with Gasteiger partial charge in [0.1, 0.15) is 5.82 Å². The molecule has 0 spiro atoms. The minimum atomic E-state index is -0.235. The van der Waals surface area contributed by atoms with Crippen LogP contribution in [0.5, 0.6) is 0 Å². The Bertz CT molecular complexity index is 1430. The normalized spacial score (nSPS) is 12.6. The Balaban J connectivity index is 1.72. The molecular formula is C31H36FN5. The van der Waals surface area contributed by atoms with Gasteiger partial charge in [0.05, 0.1) is 11.2 Å². The molecule has 4 aromatic rings. The Morgan fingerprint density at radius 3 is 2.62 bits per heavy atom. The standard InChI is InChI=1S/C31H36FN5/c1-6-13-34-19-29(20(3)4)37-31(33-5)24-17-23-16-22(9-11-28(23)36-18-24)25-12-14-35-30(25)26-15-21(7-2)8-10-27(26)32/h8-12,14-18,20,34-35H,6-7,13,19H2,1-5H3. The van der Waals surface area contributed by atoms with E-state index in [1.54, 1.807) is 13.1 Å². The first-order chi connectivity index (χ1) is 17.9. The molecule has 4 rings (SSSR count). The summed E-state index contributed by atoms with van der Waals surface area (Å²) < 4.78 is 14.8. The molecule has 192 valence electrons. The van der Waals surface area contributed by atoms with Crippen LogP contribution in [-0.4, -0.2) is 41.7 Å². The van der Waals surface area contributed by atoms with Gasteiger partial charge >= 0.3 is 0 Å². The van der Waals surface area contributed by atoms with Crippen molar-refractivity contribution in [3.05, 3.63) is 77.9 Å². The van der Waals surface area contributed by atoms with Crippen molar-refractivity contribution < 1.29 is 4.39 Å². The van der Waals surface area contributed by atoms with E-state index in [0.29, 0.717) is 17.3 Å². The zero-order valence-corrected chi connectivity index (χ0v) is 22.4. The van der Waals surface area contributed by atoms with Crippen LogP contribution in [0.1, 0.15) is 45.2 Å². The molecule has 0 amide bonds. The summed E-state index contributed by atoms with van der Waals surface area (Å²) in [5.74, 6) is 0.740. The van der Waals surface area contributed by atoms with Crippen LogP contribution < -0.4 is 5.32 Å². The number of fused-ring (bicyclic) bond motifs is 1. The van der Waals surface area contributed by atoms with Crippen molar-refractivity contribution in [2.45, 2.75) is 40.5 Å². The Morgan fingerprint density at radius 1 is 1.05 bits per heavy atom. The lowest BCUT2D eigenvalue weighted by atomic mass is 9.98. The largest absolute Gasteiger partial charge is 0.361 e. The third-order valence-corrected chi connectivity index (χ3v) is 6.57. The molecular weight excluding hydrogens is 461 g/mol. The lowest BCUT2D eigenvalue weighted by Crippen LogP contribution is -2.28. The first-order valence-corrected chi connectivity index (χ1v) is 13.1. The van der Waals surface area contributed by atoms with E-state index in [2.05, 4.69) is 60.1 Å². The summed E-state index contributed by atoms with van der Waals surface area (Å²) in [4.78, 5) is 17.3. The van der Waals surface area contributed by atoms with E-state index in [4.69, 9.17) is 4.99 Å². The quantitative estimate of drug-likeness (QED) is 0.148. The Morgan fingerprint density at radius 2 is 1.89 bits per heavy atom. The number of amidine groups is 1. The highest BCUT2D eigenvalue weighted by Gasteiger charge is 2.15. The van der Waals surface area contributed by atoms with Crippen molar-refractivity contribution >= 4 is 22.5 Å². The third-order valence-electron chi connectivity index (χ3n) is 6.57. The van der Waals surface area contributed by atoms with Gasteiger partial charge in [-0.25, -0.2) is 9.38 Å². The van der Waals surface area contributed by atoms with Crippen LogP contribution in [0.2, 0.25) is 0 Å². The molecule has 0 aliphatic carbocycles. The highest BCUT2D eigenvalue weighted by atomic mass is 19.1. The van der Waals surface area contributed by atoms with Gasteiger partial charge in [-0.3, -0.25) is 9.98 Å². The maximum absolute atomic E-state index is 14.8. The number of H-pyrrole nitrogens is 1. The number of nitrogens with one attached hydrogen (secondary N) is 2. The minimum Gasteiger partial charge on any atom is -0.361 e. The van der Waals surface area contributed by atoms with Gasteiger partial charge in [0.15, 0.2) is 5.84 Å². The first kappa shape index (κ1) is 26.4. The van der Waals surface area contributed by atoms with E-state index >= 15 is 0 Å². The summed E-state index contributed by atoms with van der Waals surface area (Å²) in [6.07, 6.45) is 5.62. The molecule has 0 bridgehead atoms. The van der Waals surface area contributed by atoms with Crippen LogP contribution in [0.15, 0.2) is 70.9 Å². The van der Waals surface area contributed by atoms with Gasteiger partial charge < -0.3 is 10.3 Å². The lowest BCUT2D eigenvalue weighted by molar-refractivity contribution is 0.630. The van der Waals surface area contributed by atoms with Gasteiger partial charge in [0, 0.05) is 53.8 Å². The molecule has 2 heterocycles. The van der Waals surface area contributed by atoms with E-state index in [-0.39, 0.29) is 5.82 Å². The summed E-state index contributed by atoms with van der Waals surface area (Å²) in [6, 6.07) is 15.5. The molecule has 0 saturated heterocycles. The summed E-state index contributed by atoms with van der Waals surface area (Å²) in [7, 11) is 1.77. The van der Waals surface area contributed by atoms with Crippen molar-refractivity contribution in [1.29, 1.82) is 0 Å². The molecule has 2 N–H and O–H groups in total. The SMILES string of the molecule is CCCNCC(=NC(=NC)c1cnc2ccc(-c3cc[nH]c3-c3cc(CC)ccc3F)cc2c1)C(C)C. The van der Waals surface area contributed by atoms with Gasteiger partial charge in [0.25, 0.3) is 0 Å². The van der Waals surface area contributed by atoms with Crippen molar-refractivity contribution in [2.24, 2.45) is 15.9 Å². The number of aromatic amines is 1. The van der Waals surface area contributed by atoms with Crippen LogP contribution in [0, 0.1) is 11.7 Å². The molecule has 0 aliphatic rings. The molecule has 2 aromatic carbocycles. The smallest absolute Gasteiger partial charge is 0.155 e. The predicted molar refractivity (Wildman–Crippen MR) is 154 cm³/mol. The van der Waals surface area contributed by atoms with E-state index in [1.807, 2.05) is 42.7 Å². The molecule has 6 heteroatoms. The van der Waals surface area contributed by atoms with Gasteiger partial charge in [0.2, 0.25) is 0 Å². The van der Waals surface area contributed by atoms with Crippen LogP contribution in [-0.2, 0) is 6.42 Å². The predicted octanol–water partition coefficient (Wildman–Crippen LogP) is 7.07. The van der Waals surface area contributed by atoms with Crippen LogP contribution in [0.4, 0.5) is 4.39 Å². The highest BCUT2D eigenvalue weighted by Crippen LogP contribution is 2.34. The third kappa shape index (κ3) is 6.03. The molecule has 0 unspecified atom stereocenters. The zero-order valence-electron chi connectivity index (χ0n) is 22.4. The fraction of sp³-hybridized carbons (Fsp3) is 0.323. The Labute approximate surface area is 219 Å². The number of aliphatic imine (C=N–C) groups is 2. The second-order valence-electron chi connectivity index (χ2n) is 9.55. The summed E-state index contributed by atoms with van der Waals surface area (Å²) in [6.45, 7) is 10.2. The molecule has 5 nitrogen and oxygen atoms in total. The molecule has 0 fully saturated rings. The van der Waals surface area contributed by atoms with E-state index in [0.717, 1.165) is 70.5 Å². The zero-order chi connectivity index (χ0) is 26.4. The highest BCUT2D eigenvalue weighted by molar-refractivity contribution is 6.09. The number of rotatable bonds is 9. The molecule has 37 heavy (non-hydrogen) atoms. The number of benzene rings is 2. The van der Waals surface area contributed by atoms with Crippen LogP contribution in [0.3, 0.4) is 0 Å². The molecule has 0 atom stereocenters. The average molecular weight is 498 g/mol. The molecule has 0 radical (unpaired) electrons. The number of nitrogens with zero attached hydrogens (tertiary/aromatic N) is 3. The number of aromatic nitrogens is 2. The van der Waals surface area contributed by atoms with Gasteiger partial charge in [-0.2, -0.15) is 0 Å². The Hall–Kier alpha value is -3.64. The fourth-order valence-electron chi connectivity index (χ4n) is 4.38. The van der Waals surface area contributed by atoms with Crippen LogP contribution >= 0.6 is 0 Å². The minimum absolute atomic E-state index is 0.235. The first-order valence-electron chi connectivity index (χ1n) is 13.1. The second kappa shape index (κ2) is 12.1. The van der Waals surface area contributed by atoms with Crippen molar-refractivity contribution in [2.75, 3.05) is 20.1 Å². The van der Waals surface area contributed by atoms with Crippen molar-refractivity contribution in [1.82, 2.24) is 15.3 Å². The molecule has 2 aromatic heterocycles. The van der Waals surface area contributed by atoms with Crippen LogP contribution in [0.25, 0.3) is 33.3 Å². The van der Waals surface area contributed by atoms with Gasteiger partial charge in [-0.05, 0) is 72.8 Å². The van der Waals surface area contributed by atoms with E-state index < -0.39 is 0 Å². The van der Waals surface area contributed by atoms with E-state index in [1.165, 1.54) is 0 Å². The Kier molecular flexibility index (Phi) is 8.62. The molecule has 0 saturated carbocycles. The number of halogens is 1. The summed E-state index contributed by atoms with van der Waals surface area (Å²) in [5, 5.41) is 4.43. The maximum Gasteiger partial charge on any atom is 0.155 e. The summed E-state index contributed by atoms with van der Waals surface area (Å²) in [5.41, 5.74) is 7.23. The number of hydrogen-bond acceptors (Lipinski definition) is 3. The monoisotopic (exact) mass is 497 g/mol. The van der Waals surface area contributed by atoms with Crippen molar-refractivity contribution in [3.63, 3.8) is 0 Å². The number of hydrogen-bond donors (Lipinski definition) is 2. The van der Waals surface area contributed by atoms with Gasteiger partial charge in [-0.1, -0.05) is 39.8 Å². The number of pyridine rings is 1. The average Bonchev–Trinajstić information content (AvgIpc) is 3.40. The maximum atomic E-state index is 14.8. The number of aryl methyl sites for hydroxylation is 1. The fourth-order valence-corrected chi connectivity index (χ4v) is 4.38.